The molecule has 0 saturated carbocycles. The van der Waals surface area contributed by atoms with Crippen LogP contribution in [0.1, 0.15) is 73.3 Å². The van der Waals surface area contributed by atoms with Crippen LogP contribution in [0, 0.1) is 20.8 Å². The maximum atomic E-state index is 13.8. The van der Waals surface area contributed by atoms with E-state index in [2.05, 4.69) is 28.2 Å². The van der Waals surface area contributed by atoms with Crippen molar-refractivity contribution in [2.24, 2.45) is 0 Å². The number of benzene rings is 2. The van der Waals surface area contributed by atoms with Gasteiger partial charge < -0.3 is 34.1 Å². The van der Waals surface area contributed by atoms with Crippen molar-refractivity contribution < 1.29 is 28.5 Å². The van der Waals surface area contributed by atoms with Gasteiger partial charge in [0.25, 0.3) is 11.5 Å². The largest absolute Gasteiger partial charge is 0.491 e. The van der Waals surface area contributed by atoms with Gasteiger partial charge in [0.15, 0.2) is 0 Å². The topological polar surface area (TPSA) is 119 Å². The van der Waals surface area contributed by atoms with Crippen LogP contribution in [-0.2, 0) is 25.5 Å². The Kier molecular flexibility index (Phi) is 12.2. The molecule has 0 radical (unpaired) electrons. The number of pyridine rings is 1. The molecule has 2 aromatic carbocycles. The Morgan fingerprint density at radius 1 is 1.00 bits per heavy atom. The van der Waals surface area contributed by atoms with E-state index in [0.717, 1.165) is 53.0 Å². The lowest BCUT2D eigenvalue weighted by Gasteiger charge is -2.37. The van der Waals surface area contributed by atoms with Gasteiger partial charge >= 0.3 is 5.97 Å². The number of amides is 1. The predicted octanol–water partition coefficient (Wildman–Crippen LogP) is 5.64. The molecule has 0 aliphatic carbocycles. The normalized spacial score (nSPS) is 13.7. The number of carbonyl (C=O) groups is 2. The van der Waals surface area contributed by atoms with Crippen LogP contribution < -0.4 is 20.5 Å². The molecule has 2 heterocycles. The SMILES string of the molecule is CCN(c1cc(-c2ccc(OCCOCC(=O)OC(C)(C)C)cc2)cc(C(=O)NCc2c(C)cc(C)[nH]c2=O)c1C)C1CCOCC1. The van der Waals surface area contributed by atoms with Crippen LogP contribution in [0.4, 0.5) is 5.69 Å². The molecule has 254 valence electrons. The fraction of sp³-hybridized carbons (Fsp3) is 0.486. The Labute approximate surface area is 277 Å². The fourth-order valence-electron chi connectivity index (χ4n) is 5.88. The molecule has 0 spiro atoms. The van der Waals surface area contributed by atoms with Crippen molar-refractivity contribution in [2.75, 3.05) is 44.5 Å². The monoisotopic (exact) mass is 647 g/mol. The van der Waals surface area contributed by atoms with Crippen LogP contribution in [-0.4, -0.2) is 68.1 Å². The second-order valence-corrected chi connectivity index (χ2v) is 12.9. The average Bonchev–Trinajstić information content (AvgIpc) is 3.01. The zero-order chi connectivity index (χ0) is 34.1. The quantitative estimate of drug-likeness (QED) is 0.181. The lowest BCUT2D eigenvalue weighted by atomic mass is 9.95. The lowest BCUT2D eigenvalue weighted by molar-refractivity contribution is -0.160. The van der Waals surface area contributed by atoms with Gasteiger partial charge in [0.1, 0.15) is 24.6 Å². The van der Waals surface area contributed by atoms with E-state index in [1.165, 1.54) is 0 Å². The van der Waals surface area contributed by atoms with Gasteiger partial charge in [0, 0.05) is 54.9 Å². The van der Waals surface area contributed by atoms with Crippen molar-refractivity contribution >= 4 is 17.6 Å². The van der Waals surface area contributed by atoms with Crippen LogP contribution in [0.5, 0.6) is 5.75 Å². The highest BCUT2D eigenvalue weighted by Gasteiger charge is 2.25. The average molecular weight is 648 g/mol. The molecule has 0 bridgehead atoms. The first-order valence-corrected chi connectivity index (χ1v) is 16.4. The van der Waals surface area contributed by atoms with Gasteiger partial charge in [-0.3, -0.25) is 9.59 Å². The summed E-state index contributed by atoms with van der Waals surface area (Å²) in [5.41, 5.74) is 5.71. The molecule has 1 aliphatic heterocycles. The van der Waals surface area contributed by atoms with Gasteiger partial charge in [-0.05, 0) is 114 Å². The van der Waals surface area contributed by atoms with Crippen LogP contribution >= 0.6 is 0 Å². The first-order chi connectivity index (χ1) is 22.4. The fourth-order valence-corrected chi connectivity index (χ4v) is 5.88. The van der Waals surface area contributed by atoms with E-state index in [0.29, 0.717) is 36.1 Å². The van der Waals surface area contributed by atoms with Crippen LogP contribution in [0.15, 0.2) is 47.3 Å². The number of H-pyrrole nitrogens is 1. The summed E-state index contributed by atoms with van der Waals surface area (Å²) in [7, 11) is 0. The number of nitrogens with one attached hydrogen (secondary N) is 2. The summed E-state index contributed by atoms with van der Waals surface area (Å²) < 4.78 is 22.1. The van der Waals surface area contributed by atoms with E-state index < -0.39 is 11.6 Å². The maximum absolute atomic E-state index is 13.8. The number of aryl methyl sites for hydroxylation is 2. The number of aromatic amines is 1. The van der Waals surface area contributed by atoms with E-state index in [9.17, 15) is 14.4 Å². The van der Waals surface area contributed by atoms with Crippen molar-refractivity contribution in [1.29, 1.82) is 0 Å². The molecule has 10 nitrogen and oxygen atoms in total. The minimum atomic E-state index is -0.553. The van der Waals surface area contributed by atoms with Gasteiger partial charge in [-0.2, -0.15) is 0 Å². The summed E-state index contributed by atoms with van der Waals surface area (Å²) in [5, 5.41) is 3.00. The van der Waals surface area contributed by atoms with Crippen molar-refractivity contribution in [1.82, 2.24) is 10.3 Å². The van der Waals surface area contributed by atoms with Crippen molar-refractivity contribution in [3.63, 3.8) is 0 Å². The molecule has 2 N–H and O–H groups in total. The molecular weight excluding hydrogens is 598 g/mol. The molecule has 0 atom stereocenters. The molecule has 1 aromatic heterocycles. The minimum absolute atomic E-state index is 0.129. The van der Waals surface area contributed by atoms with Crippen molar-refractivity contribution in [3.8, 4) is 16.9 Å². The Balaban J connectivity index is 1.53. The highest BCUT2D eigenvalue weighted by Crippen LogP contribution is 2.34. The van der Waals surface area contributed by atoms with Gasteiger partial charge in [-0.15, -0.1) is 0 Å². The highest BCUT2D eigenvalue weighted by molar-refractivity contribution is 5.99. The number of hydrogen-bond acceptors (Lipinski definition) is 8. The van der Waals surface area contributed by atoms with Gasteiger partial charge in [-0.1, -0.05) is 12.1 Å². The first kappa shape index (κ1) is 35.7. The third-order valence-corrected chi connectivity index (χ3v) is 8.15. The number of anilines is 1. The zero-order valence-electron chi connectivity index (χ0n) is 28.8. The number of hydrogen-bond donors (Lipinski definition) is 2. The molecule has 1 fully saturated rings. The summed E-state index contributed by atoms with van der Waals surface area (Å²) in [6.07, 6.45) is 1.84. The Morgan fingerprint density at radius 2 is 1.70 bits per heavy atom. The van der Waals surface area contributed by atoms with Gasteiger partial charge in [0.2, 0.25) is 0 Å². The smallest absolute Gasteiger partial charge is 0.332 e. The first-order valence-electron chi connectivity index (χ1n) is 16.4. The van der Waals surface area contributed by atoms with Crippen LogP contribution in [0.3, 0.4) is 0 Å². The van der Waals surface area contributed by atoms with E-state index in [4.69, 9.17) is 18.9 Å². The van der Waals surface area contributed by atoms with Crippen LogP contribution in [0.25, 0.3) is 11.1 Å². The van der Waals surface area contributed by atoms with Crippen molar-refractivity contribution in [2.45, 2.75) is 79.5 Å². The number of esters is 1. The molecule has 1 aliphatic rings. The summed E-state index contributed by atoms with van der Waals surface area (Å²) in [4.78, 5) is 43.4. The lowest BCUT2D eigenvalue weighted by Crippen LogP contribution is -2.40. The number of rotatable bonds is 13. The molecule has 47 heavy (non-hydrogen) atoms. The highest BCUT2D eigenvalue weighted by atomic mass is 16.6. The number of carbonyl (C=O) groups excluding carboxylic acids is 2. The molecular formula is C37H49N3O7. The molecule has 1 saturated heterocycles. The van der Waals surface area contributed by atoms with Crippen molar-refractivity contribution in [3.05, 3.63) is 80.8 Å². The third-order valence-electron chi connectivity index (χ3n) is 8.15. The summed E-state index contributed by atoms with van der Waals surface area (Å²) in [6.45, 7) is 16.0. The summed E-state index contributed by atoms with van der Waals surface area (Å²) >= 11 is 0. The van der Waals surface area contributed by atoms with Gasteiger partial charge in [-0.25, -0.2) is 4.79 Å². The summed E-state index contributed by atoms with van der Waals surface area (Å²) in [5.74, 6) is 0.0140. The van der Waals surface area contributed by atoms with E-state index in [1.54, 1.807) is 0 Å². The number of nitrogens with zero attached hydrogens (tertiary/aromatic N) is 1. The Hall–Kier alpha value is -4.15. The van der Waals surface area contributed by atoms with E-state index in [1.807, 2.05) is 77.9 Å². The van der Waals surface area contributed by atoms with Gasteiger partial charge in [0.05, 0.1) is 6.61 Å². The molecule has 10 heteroatoms. The van der Waals surface area contributed by atoms with E-state index in [-0.39, 0.29) is 37.8 Å². The predicted molar refractivity (Wildman–Crippen MR) is 183 cm³/mol. The second-order valence-electron chi connectivity index (χ2n) is 12.9. The number of ether oxygens (including phenoxy) is 4. The maximum Gasteiger partial charge on any atom is 0.332 e. The Bertz CT molecular complexity index is 1590. The zero-order valence-corrected chi connectivity index (χ0v) is 28.8. The molecule has 1 amide bonds. The third kappa shape index (κ3) is 9.92. The second kappa shape index (κ2) is 16.1. The van der Waals surface area contributed by atoms with Crippen LogP contribution in [0.2, 0.25) is 0 Å². The standard InChI is InChI=1S/C37H49N3O7/c1-8-40(29-13-15-44-16-14-29)33-21-28(20-31(26(33)4)35(42)38-22-32-24(2)19-25(3)39-36(32)43)27-9-11-30(12-10-27)46-18-17-45-23-34(41)47-37(5,6)7/h9-12,19-21,29H,8,13-18,22-23H2,1-7H3,(H,38,42)(H,39,43). The summed E-state index contributed by atoms with van der Waals surface area (Å²) in [6, 6.07) is 14.0. The van der Waals surface area contributed by atoms with E-state index >= 15 is 0 Å². The number of aromatic nitrogens is 1. The Morgan fingerprint density at radius 3 is 2.34 bits per heavy atom. The minimum Gasteiger partial charge on any atom is -0.491 e. The molecule has 0 unspecified atom stereocenters. The molecule has 4 rings (SSSR count). The molecule has 3 aromatic rings.